The van der Waals surface area contributed by atoms with Gasteiger partial charge in [0, 0.05) is 38.3 Å². The van der Waals surface area contributed by atoms with Crippen LogP contribution in [0.5, 0.6) is 5.75 Å². The van der Waals surface area contributed by atoms with E-state index in [0.717, 1.165) is 50.5 Å². The molecular formula is C20H27N3O3. The number of carbonyl (C=O) groups excluding carboxylic acids is 1. The van der Waals surface area contributed by atoms with Crippen molar-refractivity contribution >= 4 is 5.91 Å². The van der Waals surface area contributed by atoms with Gasteiger partial charge in [-0.25, -0.2) is 0 Å². The lowest BCUT2D eigenvalue weighted by Gasteiger charge is -2.32. The number of piperazine rings is 1. The molecule has 2 aromatic rings. The third kappa shape index (κ3) is 5.34. The lowest BCUT2D eigenvalue weighted by molar-refractivity contribution is 0.0918. The van der Waals surface area contributed by atoms with E-state index >= 15 is 0 Å². The maximum Gasteiger partial charge on any atom is 0.287 e. The van der Waals surface area contributed by atoms with Gasteiger partial charge in [-0.3, -0.25) is 4.79 Å². The number of hydrogen-bond donors (Lipinski definition) is 1. The fraction of sp³-hybridized carbons (Fsp3) is 0.450. The molecule has 3 rings (SSSR count). The number of likely N-dealkylation sites (N-methyl/N-ethyl adjacent to an activating group) is 1. The molecule has 1 aliphatic rings. The van der Waals surface area contributed by atoms with Gasteiger partial charge in [0.05, 0.1) is 6.26 Å². The van der Waals surface area contributed by atoms with E-state index in [9.17, 15) is 4.79 Å². The number of hydrogen-bond acceptors (Lipinski definition) is 5. The normalized spacial score (nSPS) is 15.7. The molecule has 0 spiro atoms. The predicted octanol–water partition coefficient (Wildman–Crippen LogP) is 2.23. The van der Waals surface area contributed by atoms with E-state index in [1.165, 1.54) is 6.26 Å². The second-order valence-electron chi connectivity index (χ2n) is 6.63. The Balaban J connectivity index is 1.40. The van der Waals surface area contributed by atoms with Crippen molar-refractivity contribution in [2.45, 2.75) is 13.0 Å². The van der Waals surface area contributed by atoms with Crippen molar-refractivity contribution in [3.63, 3.8) is 0 Å². The van der Waals surface area contributed by atoms with Gasteiger partial charge in [0.1, 0.15) is 12.4 Å². The highest BCUT2D eigenvalue weighted by molar-refractivity contribution is 5.92. The van der Waals surface area contributed by atoms with Crippen molar-refractivity contribution < 1.29 is 13.9 Å². The van der Waals surface area contributed by atoms with Crippen molar-refractivity contribution in [3.8, 4) is 5.75 Å². The van der Waals surface area contributed by atoms with E-state index in [0.29, 0.717) is 18.9 Å². The van der Waals surface area contributed by atoms with Crippen LogP contribution in [0, 0.1) is 0 Å². The van der Waals surface area contributed by atoms with Crippen molar-refractivity contribution in [3.05, 3.63) is 54.0 Å². The van der Waals surface area contributed by atoms with Crippen LogP contribution >= 0.6 is 0 Å². The van der Waals surface area contributed by atoms with Gasteiger partial charge < -0.3 is 24.3 Å². The van der Waals surface area contributed by atoms with Crippen molar-refractivity contribution in [2.75, 3.05) is 46.3 Å². The van der Waals surface area contributed by atoms with Gasteiger partial charge in [-0.2, -0.15) is 0 Å². The molecule has 1 amide bonds. The highest BCUT2D eigenvalue weighted by Crippen LogP contribution is 2.15. The van der Waals surface area contributed by atoms with Crippen LogP contribution in [0.2, 0.25) is 0 Å². The molecule has 140 valence electrons. The van der Waals surface area contributed by atoms with Crippen LogP contribution in [0.1, 0.15) is 22.5 Å². The first-order chi connectivity index (χ1) is 12.7. The number of furan rings is 1. The molecule has 0 unspecified atom stereocenters. The summed E-state index contributed by atoms with van der Waals surface area (Å²) in [6.45, 7) is 6.39. The maximum atomic E-state index is 12.4. The Morgan fingerprint density at radius 2 is 1.92 bits per heavy atom. The van der Waals surface area contributed by atoms with Gasteiger partial charge in [-0.15, -0.1) is 0 Å². The molecule has 6 nitrogen and oxygen atoms in total. The first-order valence-electron chi connectivity index (χ1n) is 9.15. The molecule has 0 saturated carbocycles. The fourth-order valence-corrected chi connectivity index (χ4v) is 2.98. The molecule has 2 heterocycles. The van der Waals surface area contributed by atoms with E-state index in [4.69, 9.17) is 9.15 Å². The number of nitrogens with one attached hydrogen (secondary N) is 1. The van der Waals surface area contributed by atoms with Crippen LogP contribution in [0.3, 0.4) is 0 Å². The topological polar surface area (TPSA) is 58.0 Å². The molecule has 1 aromatic carbocycles. The standard InChI is InChI=1S/C20H27N3O3/c1-22-11-13-23(14-12-22)10-5-9-21-20(24)19-17(8-15-25-19)16-26-18-6-3-2-4-7-18/h2-4,6-8,15H,5,9-14,16H2,1H3,(H,21,24). The number of rotatable bonds is 8. The van der Waals surface area contributed by atoms with Gasteiger partial charge in [-0.05, 0) is 38.2 Å². The molecule has 26 heavy (non-hydrogen) atoms. The summed E-state index contributed by atoms with van der Waals surface area (Å²) in [6, 6.07) is 11.3. The average Bonchev–Trinajstić information content (AvgIpc) is 3.14. The molecule has 1 saturated heterocycles. The van der Waals surface area contributed by atoms with Crippen LogP contribution < -0.4 is 10.1 Å². The van der Waals surface area contributed by atoms with Crippen LogP contribution in [-0.4, -0.2) is 62.0 Å². The van der Waals surface area contributed by atoms with E-state index in [2.05, 4.69) is 22.2 Å². The number of carbonyl (C=O) groups is 1. The zero-order valence-electron chi connectivity index (χ0n) is 15.3. The summed E-state index contributed by atoms with van der Waals surface area (Å²) in [7, 11) is 2.15. The lowest BCUT2D eigenvalue weighted by Crippen LogP contribution is -2.45. The van der Waals surface area contributed by atoms with Gasteiger partial charge >= 0.3 is 0 Å². The third-order valence-electron chi connectivity index (χ3n) is 4.62. The Morgan fingerprint density at radius 3 is 2.69 bits per heavy atom. The first kappa shape index (κ1) is 18.5. The molecule has 1 N–H and O–H groups in total. The second kappa shape index (κ2) is 9.40. The monoisotopic (exact) mass is 357 g/mol. The van der Waals surface area contributed by atoms with Gasteiger partial charge in [0.15, 0.2) is 5.76 Å². The molecular weight excluding hydrogens is 330 g/mol. The summed E-state index contributed by atoms with van der Waals surface area (Å²) in [5.74, 6) is 0.924. The minimum atomic E-state index is -0.181. The molecule has 6 heteroatoms. The molecule has 1 fully saturated rings. The Bertz CT molecular complexity index is 679. The largest absolute Gasteiger partial charge is 0.489 e. The lowest BCUT2D eigenvalue weighted by atomic mass is 10.2. The van der Waals surface area contributed by atoms with E-state index in [1.807, 2.05) is 30.3 Å². The number of amides is 1. The highest BCUT2D eigenvalue weighted by atomic mass is 16.5. The minimum Gasteiger partial charge on any atom is -0.489 e. The zero-order valence-corrected chi connectivity index (χ0v) is 15.3. The summed E-state index contributed by atoms with van der Waals surface area (Å²) in [4.78, 5) is 17.1. The first-order valence-corrected chi connectivity index (χ1v) is 9.15. The molecule has 1 aliphatic heterocycles. The van der Waals surface area contributed by atoms with Crippen molar-refractivity contribution in [1.29, 1.82) is 0 Å². The van der Waals surface area contributed by atoms with E-state index in [-0.39, 0.29) is 5.91 Å². The summed E-state index contributed by atoms with van der Waals surface area (Å²) in [6.07, 6.45) is 2.47. The van der Waals surface area contributed by atoms with Crippen LogP contribution in [-0.2, 0) is 6.61 Å². The molecule has 0 bridgehead atoms. The van der Waals surface area contributed by atoms with Gasteiger partial charge in [0.25, 0.3) is 5.91 Å². The smallest absolute Gasteiger partial charge is 0.287 e. The van der Waals surface area contributed by atoms with Crippen molar-refractivity contribution in [1.82, 2.24) is 15.1 Å². The number of para-hydroxylation sites is 1. The highest BCUT2D eigenvalue weighted by Gasteiger charge is 2.16. The molecule has 0 atom stereocenters. The summed E-state index contributed by atoms with van der Waals surface area (Å²) in [5.41, 5.74) is 0.755. The molecule has 0 radical (unpaired) electrons. The molecule has 1 aromatic heterocycles. The quantitative estimate of drug-likeness (QED) is 0.734. The summed E-state index contributed by atoms with van der Waals surface area (Å²) < 4.78 is 11.1. The minimum absolute atomic E-state index is 0.181. The summed E-state index contributed by atoms with van der Waals surface area (Å²) in [5, 5.41) is 2.95. The molecule has 0 aliphatic carbocycles. The van der Waals surface area contributed by atoms with Crippen LogP contribution in [0.15, 0.2) is 47.1 Å². The Morgan fingerprint density at radius 1 is 1.15 bits per heavy atom. The van der Waals surface area contributed by atoms with E-state index < -0.39 is 0 Å². The summed E-state index contributed by atoms with van der Waals surface area (Å²) >= 11 is 0. The predicted molar refractivity (Wildman–Crippen MR) is 100 cm³/mol. The van der Waals surface area contributed by atoms with Gasteiger partial charge in [-0.1, -0.05) is 18.2 Å². The Hall–Kier alpha value is -2.31. The number of nitrogens with zero attached hydrogens (tertiary/aromatic N) is 2. The van der Waals surface area contributed by atoms with Crippen molar-refractivity contribution in [2.24, 2.45) is 0 Å². The third-order valence-corrected chi connectivity index (χ3v) is 4.62. The number of ether oxygens (including phenoxy) is 1. The average molecular weight is 357 g/mol. The maximum absolute atomic E-state index is 12.4. The SMILES string of the molecule is CN1CCN(CCCNC(=O)c2occc2COc2ccccc2)CC1. The fourth-order valence-electron chi connectivity index (χ4n) is 2.98. The Kier molecular flexibility index (Phi) is 6.68. The van der Waals surface area contributed by atoms with Gasteiger partial charge in [0.2, 0.25) is 0 Å². The zero-order chi connectivity index (χ0) is 18.2. The van der Waals surface area contributed by atoms with Crippen LogP contribution in [0.4, 0.5) is 0 Å². The van der Waals surface area contributed by atoms with Crippen LogP contribution in [0.25, 0.3) is 0 Å². The second-order valence-corrected chi connectivity index (χ2v) is 6.63. The number of benzene rings is 1. The van der Waals surface area contributed by atoms with E-state index in [1.54, 1.807) is 6.07 Å². The Labute approximate surface area is 154 Å².